The van der Waals surface area contributed by atoms with Crippen molar-refractivity contribution in [2.75, 3.05) is 0 Å². The number of nitrogens with zero attached hydrogens (tertiary/aromatic N) is 1. The molecular weight excluding hydrogens is 338 g/mol. The second kappa shape index (κ2) is 6.75. The van der Waals surface area contributed by atoms with Crippen LogP contribution in [0.25, 0.3) is 22.2 Å². The summed E-state index contributed by atoms with van der Waals surface area (Å²) in [4.78, 5) is 0. The van der Waals surface area contributed by atoms with Gasteiger partial charge in [0.05, 0.1) is 16.8 Å². The Bertz CT molecular complexity index is 1140. The third-order valence-electron chi connectivity index (χ3n) is 4.59. The van der Waals surface area contributed by atoms with Crippen LogP contribution in [0.2, 0.25) is 5.02 Å². The second-order valence-corrected chi connectivity index (χ2v) is 6.86. The lowest BCUT2D eigenvalue weighted by Gasteiger charge is -2.05. The minimum Gasteiger partial charge on any atom is -0.343 e. The monoisotopic (exact) mass is 355 g/mol. The molecule has 0 spiro atoms. The van der Waals surface area contributed by atoms with Crippen LogP contribution in [0.4, 0.5) is 0 Å². The van der Waals surface area contributed by atoms with Crippen LogP contribution in [0.5, 0.6) is 0 Å². The van der Waals surface area contributed by atoms with E-state index in [-0.39, 0.29) is 0 Å². The SMILES string of the molecule is Cc1ccc(C#Cc2c(-c3ccccc3)n(C)c3cc(Cl)ccc23)cc1. The molecule has 0 aliphatic rings. The van der Waals surface area contributed by atoms with E-state index in [9.17, 15) is 0 Å². The lowest BCUT2D eigenvalue weighted by atomic mass is 10.0. The zero-order chi connectivity index (χ0) is 18.1. The average Bonchev–Trinajstić information content (AvgIpc) is 2.93. The van der Waals surface area contributed by atoms with Crippen molar-refractivity contribution in [1.82, 2.24) is 4.57 Å². The van der Waals surface area contributed by atoms with Gasteiger partial charge in [0.15, 0.2) is 0 Å². The summed E-state index contributed by atoms with van der Waals surface area (Å²) in [6.07, 6.45) is 0. The van der Waals surface area contributed by atoms with E-state index in [0.717, 1.165) is 38.3 Å². The summed E-state index contributed by atoms with van der Waals surface area (Å²) in [7, 11) is 2.07. The molecule has 0 amide bonds. The molecule has 3 aromatic carbocycles. The molecule has 0 aliphatic carbocycles. The van der Waals surface area contributed by atoms with Crippen LogP contribution in [0, 0.1) is 18.8 Å². The highest BCUT2D eigenvalue weighted by molar-refractivity contribution is 6.31. The second-order valence-electron chi connectivity index (χ2n) is 6.43. The average molecular weight is 356 g/mol. The first kappa shape index (κ1) is 16.5. The maximum absolute atomic E-state index is 6.24. The molecule has 1 heterocycles. The van der Waals surface area contributed by atoms with E-state index in [1.54, 1.807) is 0 Å². The van der Waals surface area contributed by atoms with E-state index >= 15 is 0 Å². The van der Waals surface area contributed by atoms with Crippen molar-refractivity contribution in [1.29, 1.82) is 0 Å². The summed E-state index contributed by atoms with van der Waals surface area (Å²) >= 11 is 6.24. The molecule has 0 atom stereocenters. The van der Waals surface area contributed by atoms with Crippen molar-refractivity contribution in [3.05, 3.63) is 94.5 Å². The summed E-state index contributed by atoms with van der Waals surface area (Å²) in [6, 6.07) is 24.7. The molecule has 0 fully saturated rings. The van der Waals surface area contributed by atoms with Gasteiger partial charge in [0, 0.05) is 23.0 Å². The summed E-state index contributed by atoms with van der Waals surface area (Å²) in [5, 5.41) is 1.85. The highest BCUT2D eigenvalue weighted by Crippen LogP contribution is 2.33. The topological polar surface area (TPSA) is 4.93 Å². The molecule has 26 heavy (non-hydrogen) atoms. The van der Waals surface area contributed by atoms with Gasteiger partial charge in [0.2, 0.25) is 0 Å². The number of aryl methyl sites for hydroxylation is 2. The Morgan fingerprint density at radius 3 is 2.31 bits per heavy atom. The van der Waals surface area contributed by atoms with Gasteiger partial charge < -0.3 is 4.57 Å². The molecule has 1 aromatic heterocycles. The lowest BCUT2D eigenvalue weighted by Crippen LogP contribution is -1.92. The molecule has 0 N–H and O–H groups in total. The normalized spacial score (nSPS) is 10.6. The number of benzene rings is 3. The van der Waals surface area contributed by atoms with Gasteiger partial charge in [-0.2, -0.15) is 0 Å². The standard InChI is InChI=1S/C24H18ClN/c1-17-8-10-18(11-9-17)12-14-22-21-15-13-20(25)16-23(21)26(2)24(22)19-6-4-3-5-7-19/h3-11,13,15-16H,1-2H3. The van der Waals surface area contributed by atoms with E-state index in [0.29, 0.717) is 0 Å². The third-order valence-corrected chi connectivity index (χ3v) is 4.83. The Morgan fingerprint density at radius 1 is 0.846 bits per heavy atom. The Labute approximate surface area is 158 Å². The van der Waals surface area contributed by atoms with Gasteiger partial charge in [0.25, 0.3) is 0 Å². The van der Waals surface area contributed by atoms with Crippen LogP contribution in [-0.4, -0.2) is 4.57 Å². The van der Waals surface area contributed by atoms with Gasteiger partial charge in [0.1, 0.15) is 0 Å². The maximum Gasteiger partial charge on any atom is 0.0648 e. The highest BCUT2D eigenvalue weighted by atomic mass is 35.5. The fourth-order valence-electron chi connectivity index (χ4n) is 3.24. The van der Waals surface area contributed by atoms with Crippen molar-refractivity contribution < 1.29 is 0 Å². The Balaban J connectivity index is 1.97. The van der Waals surface area contributed by atoms with E-state index in [1.165, 1.54) is 5.56 Å². The summed E-state index contributed by atoms with van der Waals surface area (Å²) in [5.74, 6) is 6.74. The van der Waals surface area contributed by atoms with Gasteiger partial charge in [-0.05, 0) is 36.8 Å². The number of aromatic nitrogens is 1. The molecule has 126 valence electrons. The molecule has 1 nitrogen and oxygen atoms in total. The van der Waals surface area contributed by atoms with Gasteiger partial charge in [-0.1, -0.05) is 77.5 Å². The fourth-order valence-corrected chi connectivity index (χ4v) is 3.41. The molecule has 2 heteroatoms. The minimum atomic E-state index is 0.732. The lowest BCUT2D eigenvalue weighted by molar-refractivity contribution is 0.977. The summed E-state index contributed by atoms with van der Waals surface area (Å²) in [6.45, 7) is 2.08. The Morgan fingerprint density at radius 2 is 1.58 bits per heavy atom. The van der Waals surface area contributed by atoms with E-state index in [2.05, 4.69) is 85.0 Å². The summed E-state index contributed by atoms with van der Waals surface area (Å²) < 4.78 is 2.18. The molecular formula is C24H18ClN. The van der Waals surface area contributed by atoms with Gasteiger partial charge in [-0.25, -0.2) is 0 Å². The quantitative estimate of drug-likeness (QED) is 0.358. The van der Waals surface area contributed by atoms with Crippen LogP contribution in [0.15, 0.2) is 72.8 Å². The third kappa shape index (κ3) is 3.01. The number of rotatable bonds is 1. The first-order valence-corrected chi connectivity index (χ1v) is 8.93. The molecule has 0 radical (unpaired) electrons. The zero-order valence-electron chi connectivity index (χ0n) is 14.8. The van der Waals surface area contributed by atoms with Gasteiger partial charge in [-0.15, -0.1) is 0 Å². The molecule has 0 aliphatic heterocycles. The van der Waals surface area contributed by atoms with Crippen LogP contribution in [0.3, 0.4) is 0 Å². The molecule has 4 rings (SSSR count). The Kier molecular flexibility index (Phi) is 4.29. The van der Waals surface area contributed by atoms with E-state index < -0.39 is 0 Å². The first-order chi connectivity index (χ1) is 12.6. The largest absolute Gasteiger partial charge is 0.343 e. The van der Waals surface area contributed by atoms with Crippen molar-refractivity contribution >= 4 is 22.5 Å². The van der Waals surface area contributed by atoms with E-state index in [1.807, 2.05) is 18.2 Å². The maximum atomic E-state index is 6.24. The van der Waals surface area contributed by atoms with Crippen LogP contribution in [-0.2, 0) is 7.05 Å². The molecule has 0 saturated carbocycles. The molecule has 0 unspecified atom stereocenters. The number of fused-ring (bicyclic) bond motifs is 1. The first-order valence-electron chi connectivity index (χ1n) is 8.55. The smallest absolute Gasteiger partial charge is 0.0648 e. The molecule has 0 saturated heterocycles. The van der Waals surface area contributed by atoms with Crippen molar-refractivity contribution in [3.8, 4) is 23.1 Å². The highest BCUT2D eigenvalue weighted by Gasteiger charge is 2.15. The number of halogens is 1. The predicted octanol–water partition coefficient (Wildman–Crippen LogP) is 6.21. The Hall–Kier alpha value is -2.95. The minimum absolute atomic E-state index is 0.732. The number of hydrogen-bond donors (Lipinski definition) is 0. The van der Waals surface area contributed by atoms with Crippen molar-refractivity contribution in [2.24, 2.45) is 7.05 Å². The van der Waals surface area contributed by atoms with Crippen molar-refractivity contribution in [2.45, 2.75) is 6.92 Å². The van der Waals surface area contributed by atoms with Crippen LogP contribution in [0.1, 0.15) is 16.7 Å². The van der Waals surface area contributed by atoms with E-state index in [4.69, 9.17) is 11.6 Å². The zero-order valence-corrected chi connectivity index (χ0v) is 15.5. The van der Waals surface area contributed by atoms with Crippen LogP contribution >= 0.6 is 11.6 Å². The molecule has 0 bridgehead atoms. The molecule has 4 aromatic rings. The van der Waals surface area contributed by atoms with Gasteiger partial charge >= 0.3 is 0 Å². The summed E-state index contributed by atoms with van der Waals surface area (Å²) in [5.41, 5.74) is 6.63. The van der Waals surface area contributed by atoms with Gasteiger partial charge in [-0.3, -0.25) is 0 Å². The van der Waals surface area contributed by atoms with Crippen LogP contribution < -0.4 is 0 Å². The number of hydrogen-bond acceptors (Lipinski definition) is 0. The fraction of sp³-hybridized carbons (Fsp3) is 0.0833. The predicted molar refractivity (Wildman–Crippen MR) is 111 cm³/mol. The van der Waals surface area contributed by atoms with Crippen molar-refractivity contribution in [3.63, 3.8) is 0 Å².